The van der Waals surface area contributed by atoms with Gasteiger partial charge in [-0.15, -0.1) is 15.0 Å². The third-order valence-electron chi connectivity index (χ3n) is 2.36. The first-order valence-electron chi connectivity index (χ1n) is 5.18. The lowest BCUT2D eigenvalue weighted by Gasteiger charge is -2.07. The van der Waals surface area contributed by atoms with Gasteiger partial charge in [0.05, 0.1) is 11.3 Å². The molecule has 1 aromatic carbocycles. The Kier molecular flexibility index (Phi) is 3.12. The van der Waals surface area contributed by atoms with Crippen LogP contribution in [0.2, 0.25) is 0 Å². The summed E-state index contributed by atoms with van der Waals surface area (Å²) in [4.78, 5) is 0.986. The smallest absolute Gasteiger partial charge is 0.369 e. The summed E-state index contributed by atoms with van der Waals surface area (Å²) >= 11 is 0. The summed E-state index contributed by atoms with van der Waals surface area (Å²) in [5, 5.41) is 19.2. The standard InChI is InChI=1S/C11H8F3N5/c1-16-10-9(6-15)17-19(18-10)8-4-2-3-7(5-8)11(12,13)14/h2-5H,1H3,(H,16,18). The van der Waals surface area contributed by atoms with Crippen LogP contribution < -0.4 is 5.32 Å². The molecule has 0 bridgehead atoms. The van der Waals surface area contributed by atoms with Crippen LogP contribution in [0.5, 0.6) is 0 Å². The van der Waals surface area contributed by atoms with E-state index in [-0.39, 0.29) is 17.2 Å². The monoisotopic (exact) mass is 267 g/mol. The highest BCUT2D eigenvalue weighted by molar-refractivity contribution is 5.47. The molecule has 0 saturated heterocycles. The summed E-state index contributed by atoms with van der Waals surface area (Å²) in [6, 6.07) is 6.36. The molecule has 98 valence electrons. The Bertz CT molecular complexity index is 639. The number of aromatic nitrogens is 3. The van der Waals surface area contributed by atoms with Crippen LogP contribution in [-0.4, -0.2) is 22.0 Å². The zero-order valence-electron chi connectivity index (χ0n) is 9.73. The predicted octanol–water partition coefficient (Wildman–Crippen LogP) is 2.20. The average molecular weight is 267 g/mol. The van der Waals surface area contributed by atoms with Crippen LogP contribution >= 0.6 is 0 Å². The van der Waals surface area contributed by atoms with Crippen LogP contribution in [0.3, 0.4) is 0 Å². The summed E-state index contributed by atoms with van der Waals surface area (Å²) in [6.07, 6.45) is -4.44. The van der Waals surface area contributed by atoms with Gasteiger partial charge in [-0.05, 0) is 18.2 Å². The van der Waals surface area contributed by atoms with Crippen LogP contribution in [0.15, 0.2) is 24.3 Å². The normalized spacial score (nSPS) is 11.1. The minimum absolute atomic E-state index is 0.0138. The molecule has 0 fully saturated rings. The van der Waals surface area contributed by atoms with Crippen molar-refractivity contribution >= 4 is 5.82 Å². The van der Waals surface area contributed by atoms with E-state index in [0.717, 1.165) is 16.9 Å². The van der Waals surface area contributed by atoms with Crippen molar-refractivity contribution in [2.75, 3.05) is 12.4 Å². The summed E-state index contributed by atoms with van der Waals surface area (Å²) in [5.41, 5.74) is -0.653. The lowest BCUT2D eigenvalue weighted by Crippen LogP contribution is -2.07. The fourth-order valence-electron chi connectivity index (χ4n) is 1.47. The summed E-state index contributed by atoms with van der Waals surface area (Å²) in [6.45, 7) is 0. The third-order valence-corrected chi connectivity index (χ3v) is 2.36. The minimum atomic E-state index is -4.44. The van der Waals surface area contributed by atoms with E-state index < -0.39 is 11.7 Å². The Morgan fingerprint density at radius 3 is 2.58 bits per heavy atom. The fraction of sp³-hybridized carbons (Fsp3) is 0.182. The summed E-state index contributed by atoms with van der Waals surface area (Å²) in [7, 11) is 1.54. The van der Waals surface area contributed by atoms with E-state index in [1.807, 2.05) is 0 Å². The third kappa shape index (κ3) is 2.49. The van der Waals surface area contributed by atoms with Crippen molar-refractivity contribution in [1.29, 1.82) is 5.26 Å². The van der Waals surface area contributed by atoms with Gasteiger partial charge in [0.2, 0.25) is 5.69 Å². The molecule has 0 aliphatic heterocycles. The molecule has 0 radical (unpaired) electrons. The van der Waals surface area contributed by atoms with Crippen molar-refractivity contribution in [3.63, 3.8) is 0 Å². The first-order chi connectivity index (χ1) is 8.95. The van der Waals surface area contributed by atoms with Gasteiger partial charge >= 0.3 is 6.18 Å². The molecule has 19 heavy (non-hydrogen) atoms. The average Bonchev–Trinajstić information content (AvgIpc) is 2.81. The number of anilines is 1. The highest BCUT2D eigenvalue weighted by Crippen LogP contribution is 2.30. The Hall–Kier alpha value is -2.56. The molecular weight excluding hydrogens is 259 g/mol. The Labute approximate surface area is 106 Å². The SMILES string of the molecule is CNc1nn(-c2cccc(C(F)(F)F)c2)nc1C#N. The minimum Gasteiger partial charge on any atom is -0.369 e. The number of nitrogens with one attached hydrogen (secondary N) is 1. The molecule has 0 saturated carbocycles. The van der Waals surface area contributed by atoms with Gasteiger partial charge in [0, 0.05) is 7.05 Å². The Morgan fingerprint density at radius 1 is 1.32 bits per heavy atom. The number of benzene rings is 1. The highest BCUT2D eigenvalue weighted by Gasteiger charge is 2.30. The number of nitrogens with zero attached hydrogens (tertiary/aromatic N) is 4. The molecular formula is C11H8F3N5. The number of alkyl halides is 3. The molecule has 5 nitrogen and oxygen atoms in total. The van der Waals surface area contributed by atoms with Gasteiger partial charge in [-0.1, -0.05) is 6.07 Å². The number of hydrogen-bond acceptors (Lipinski definition) is 4. The van der Waals surface area contributed by atoms with Crippen molar-refractivity contribution in [2.45, 2.75) is 6.18 Å². The summed E-state index contributed by atoms with van der Waals surface area (Å²) in [5.74, 6) is 0.208. The van der Waals surface area contributed by atoms with Gasteiger partial charge in [-0.2, -0.15) is 18.4 Å². The fourth-order valence-corrected chi connectivity index (χ4v) is 1.47. The second-order valence-corrected chi connectivity index (χ2v) is 3.60. The van der Waals surface area contributed by atoms with Crippen LogP contribution in [-0.2, 0) is 6.18 Å². The van der Waals surface area contributed by atoms with E-state index in [1.165, 1.54) is 12.1 Å². The highest BCUT2D eigenvalue weighted by atomic mass is 19.4. The second-order valence-electron chi connectivity index (χ2n) is 3.60. The molecule has 1 N–H and O–H groups in total. The van der Waals surface area contributed by atoms with Gasteiger partial charge in [-0.25, -0.2) is 0 Å². The van der Waals surface area contributed by atoms with Crippen molar-refractivity contribution in [2.24, 2.45) is 0 Å². The molecule has 8 heteroatoms. The van der Waals surface area contributed by atoms with Crippen molar-refractivity contribution in [3.8, 4) is 11.8 Å². The predicted molar refractivity (Wildman–Crippen MR) is 60.6 cm³/mol. The largest absolute Gasteiger partial charge is 0.416 e. The number of rotatable bonds is 2. The number of nitriles is 1. The van der Waals surface area contributed by atoms with Crippen molar-refractivity contribution in [1.82, 2.24) is 15.0 Å². The first-order valence-corrected chi connectivity index (χ1v) is 5.18. The van der Waals surface area contributed by atoms with E-state index in [9.17, 15) is 13.2 Å². The first kappa shape index (κ1) is 12.9. The zero-order chi connectivity index (χ0) is 14.0. The van der Waals surface area contributed by atoms with Gasteiger partial charge in [-0.3, -0.25) is 0 Å². The van der Waals surface area contributed by atoms with Crippen LogP contribution in [0, 0.1) is 11.3 Å². The van der Waals surface area contributed by atoms with E-state index in [1.54, 1.807) is 13.1 Å². The van der Waals surface area contributed by atoms with E-state index in [4.69, 9.17) is 5.26 Å². The van der Waals surface area contributed by atoms with Gasteiger partial charge in [0.15, 0.2) is 5.82 Å². The van der Waals surface area contributed by atoms with Gasteiger partial charge in [0.25, 0.3) is 0 Å². The molecule has 2 rings (SSSR count). The maximum atomic E-state index is 12.6. The van der Waals surface area contributed by atoms with Gasteiger partial charge in [0.1, 0.15) is 6.07 Å². The van der Waals surface area contributed by atoms with Gasteiger partial charge < -0.3 is 5.32 Å². The van der Waals surface area contributed by atoms with E-state index in [0.29, 0.717) is 0 Å². The maximum absolute atomic E-state index is 12.6. The molecule has 0 atom stereocenters. The van der Waals surface area contributed by atoms with Crippen LogP contribution in [0.4, 0.5) is 19.0 Å². The lowest BCUT2D eigenvalue weighted by molar-refractivity contribution is -0.137. The summed E-state index contributed by atoms with van der Waals surface area (Å²) < 4.78 is 37.8. The zero-order valence-corrected chi connectivity index (χ0v) is 9.73. The molecule has 0 unspecified atom stereocenters. The van der Waals surface area contributed by atoms with E-state index >= 15 is 0 Å². The lowest BCUT2D eigenvalue weighted by atomic mass is 10.2. The molecule has 1 aromatic heterocycles. The molecule has 0 amide bonds. The van der Waals surface area contributed by atoms with Crippen molar-refractivity contribution in [3.05, 3.63) is 35.5 Å². The molecule has 0 aliphatic carbocycles. The quantitative estimate of drug-likeness (QED) is 0.905. The van der Waals surface area contributed by atoms with Crippen molar-refractivity contribution < 1.29 is 13.2 Å². The maximum Gasteiger partial charge on any atom is 0.416 e. The Morgan fingerprint density at radius 2 is 2.05 bits per heavy atom. The number of halogens is 3. The molecule has 0 spiro atoms. The molecule has 1 heterocycles. The number of hydrogen-bond donors (Lipinski definition) is 1. The molecule has 0 aliphatic rings. The topological polar surface area (TPSA) is 66.5 Å². The van der Waals surface area contributed by atoms with Crippen LogP contribution in [0.1, 0.15) is 11.3 Å². The van der Waals surface area contributed by atoms with E-state index in [2.05, 4.69) is 15.5 Å². The second kappa shape index (κ2) is 4.61. The van der Waals surface area contributed by atoms with Crippen LogP contribution in [0.25, 0.3) is 5.69 Å². The Balaban J connectivity index is 2.48. The molecule has 2 aromatic rings.